The number of aromatic nitrogens is 3. The highest BCUT2D eigenvalue weighted by Gasteiger charge is 2.36. The van der Waals surface area contributed by atoms with Crippen LogP contribution >= 0.6 is 0 Å². The molecule has 3 heterocycles. The van der Waals surface area contributed by atoms with E-state index >= 15 is 0 Å². The summed E-state index contributed by atoms with van der Waals surface area (Å²) in [4.78, 5) is 93.8. The molecule has 10 N–H and O–H groups in total. The molecule has 0 radical (unpaired) electrons. The van der Waals surface area contributed by atoms with Gasteiger partial charge in [0.1, 0.15) is 55.4 Å². The predicted molar refractivity (Wildman–Crippen MR) is 249 cm³/mol. The summed E-state index contributed by atoms with van der Waals surface area (Å²) in [7, 11) is 1.39. The molecule has 1 aliphatic heterocycles. The van der Waals surface area contributed by atoms with Gasteiger partial charge in [-0.05, 0) is 86.2 Å². The van der Waals surface area contributed by atoms with Crippen LogP contribution in [0.3, 0.4) is 0 Å². The fourth-order valence-corrected chi connectivity index (χ4v) is 7.61. The Bertz CT molecular complexity index is 2580. The fourth-order valence-electron chi connectivity index (χ4n) is 7.61. The van der Waals surface area contributed by atoms with Crippen LogP contribution in [0.25, 0.3) is 17.1 Å². The Labute approximate surface area is 389 Å². The molecule has 0 saturated heterocycles. The van der Waals surface area contributed by atoms with Gasteiger partial charge in [0.05, 0.1) is 23.0 Å². The van der Waals surface area contributed by atoms with E-state index in [2.05, 4.69) is 31.2 Å². The van der Waals surface area contributed by atoms with Crippen molar-refractivity contribution in [2.45, 2.75) is 84.0 Å². The van der Waals surface area contributed by atoms with Crippen molar-refractivity contribution in [3.05, 3.63) is 98.7 Å². The molecule has 5 amide bonds. The minimum atomic E-state index is -1.44. The number of benzene rings is 2. The maximum atomic E-state index is 14.7. The van der Waals surface area contributed by atoms with Crippen molar-refractivity contribution in [1.82, 2.24) is 40.7 Å². The number of likely N-dealkylation sites (N-methyl/N-ethyl adjacent to an activating group) is 1. The highest BCUT2D eigenvalue weighted by molar-refractivity contribution is 6.00. The third-order valence-electron chi connectivity index (χ3n) is 11.1. The second-order valence-electron chi connectivity index (χ2n) is 17.1. The van der Waals surface area contributed by atoms with Gasteiger partial charge >= 0.3 is 0 Å². The molecule has 4 aromatic rings. The van der Waals surface area contributed by atoms with Gasteiger partial charge in [-0.15, -0.1) is 0 Å². The van der Waals surface area contributed by atoms with Gasteiger partial charge < -0.3 is 52.8 Å². The van der Waals surface area contributed by atoms with Crippen LogP contribution in [0, 0.1) is 25.2 Å². The van der Waals surface area contributed by atoms with Crippen molar-refractivity contribution in [2.75, 3.05) is 46.4 Å². The third-order valence-corrected chi connectivity index (χ3v) is 11.1. The van der Waals surface area contributed by atoms with E-state index in [0.717, 1.165) is 10.5 Å². The van der Waals surface area contributed by atoms with Crippen LogP contribution in [0.5, 0.6) is 11.5 Å². The summed E-state index contributed by atoms with van der Waals surface area (Å²) in [6, 6.07) is 10.1. The molecule has 67 heavy (non-hydrogen) atoms. The third kappa shape index (κ3) is 12.2. The summed E-state index contributed by atoms with van der Waals surface area (Å²) >= 11 is 0. The van der Waals surface area contributed by atoms with E-state index in [1.165, 1.54) is 24.6 Å². The second-order valence-corrected chi connectivity index (χ2v) is 17.1. The summed E-state index contributed by atoms with van der Waals surface area (Å²) in [5, 5.41) is 19.8. The summed E-state index contributed by atoms with van der Waals surface area (Å²) in [5.74, 6) is -2.74. The first-order valence-electron chi connectivity index (χ1n) is 21.9. The van der Waals surface area contributed by atoms with Crippen LogP contribution < -0.4 is 53.5 Å². The number of nitrogens with two attached hydrogens (primary N) is 3. The lowest BCUT2D eigenvalue weighted by molar-refractivity contribution is -0.141. The topological polar surface area (TPSA) is 305 Å². The van der Waals surface area contributed by atoms with Gasteiger partial charge in [0.25, 0.3) is 11.5 Å². The number of rotatable bonds is 15. The monoisotopic (exact) mass is 920 g/mol. The number of carbonyl (C=O) groups is 5. The standard InChI is InChI=1S/C47H60N12O8/c1-26-39(27(2)55-46(54-26)59-19-13-31(25-38(59)60)47(4,5)6)43(63)56-34(12-14-48)45(65)58(7)40-30-9-11-37(67-21-17-51)33(24-30)32-22-29(8-10-36(32)66-20-16-50)23-35(42(62)52-18-15-49)57-41(61)28(3)53-44(40)64/h8-11,13,19,22,24-25,28,34-35,40H,12,14,16-18,20-21,23,48,50-51H2,1-7H3,(H,52,62)(H,53,64)(H,56,63)(H,57,61)/t28-,34-,35-,40-/m0/s1. The maximum absolute atomic E-state index is 14.7. The number of pyridine rings is 1. The molecule has 4 atom stereocenters. The lowest BCUT2D eigenvalue weighted by Gasteiger charge is -2.32. The smallest absolute Gasteiger partial charge is 0.257 e. The van der Waals surface area contributed by atoms with Gasteiger partial charge in [0.15, 0.2) is 0 Å². The molecular weight excluding hydrogens is 861 g/mol. The Morgan fingerprint density at radius 3 is 2.12 bits per heavy atom. The van der Waals surface area contributed by atoms with Crippen molar-refractivity contribution >= 4 is 29.5 Å². The molecule has 2 aromatic heterocycles. The van der Waals surface area contributed by atoms with Gasteiger partial charge in [-0.25, -0.2) is 9.97 Å². The highest BCUT2D eigenvalue weighted by Crippen LogP contribution is 2.40. The zero-order chi connectivity index (χ0) is 49.2. The number of nitriles is 1. The second kappa shape index (κ2) is 22.3. The Morgan fingerprint density at radius 2 is 1.54 bits per heavy atom. The minimum Gasteiger partial charge on any atom is -0.492 e. The molecule has 4 bridgehead atoms. The van der Waals surface area contributed by atoms with E-state index in [-0.39, 0.29) is 91.7 Å². The molecule has 20 nitrogen and oxygen atoms in total. The Balaban J connectivity index is 1.58. The molecule has 0 spiro atoms. The quantitative estimate of drug-likeness (QED) is 0.0809. The van der Waals surface area contributed by atoms with Crippen LogP contribution in [-0.2, 0) is 31.0 Å². The number of hydrogen-bond donors (Lipinski definition) is 7. The van der Waals surface area contributed by atoms with Crippen LogP contribution in [0.4, 0.5) is 0 Å². The van der Waals surface area contributed by atoms with E-state index < -0.39 is 53.7 Å². The molecule has 0 unspecified atom stereocenters. The largest absolute Gasteiger partial charge is 0.492 e. The molecule has 356 valence electrons. The summed E-state index contributed by atoms with van der Waals surface area (Å²) in [6.07, 6.45) is 1.53. The van der Waals surface area contributed by atoms with Crippen LogP contribution in [0.15, 0.2) is 59.5 Å². The average Bonchev–Trinajstić information content (AvgIpc) is 3.28. The summed E-state index contributed by atoms with van der Waals surface area (Å²) in [5.41, 5.74) is 20.2. The highest BCUT2D eigenvalue weighted by atomic mass is 16.5. The van der Waals surface area contributed by atoms with Gasteiger partial charge in [0, 0.05) is 49.9 Å². The molecule has 1 aliphatic rings. The number of carbonyl (C=O) groups excluding carboxylic acids is 5. The molecular formula is C47H60N12O8. The molecule has 0 aliphatic carbocycles. The van der Waals surface area contributed by atoms with E-state index in [1.807, 2.05) is 32.9 Å². The van der Waals surface area contributed by atoms with Gasteiger partial charge in [-0.1, -0.05) is 32.9 Å². The predicted octanol–water partition coefficient (Wildman–Crippen LogP) is 0.716. The van der Waals surface area contributed by atoms with Crippen molar-refractivity contribution in [1.29, 1.82) is 5.26 Å². The first-order valence-corrected chi connectivity index (χ1v) is 21.9. The summed E-state index contributed by atoms with van der Waals surface area (Å²) in [6.45, 7) is 10.8. The maximum Gasteiger partial charge on any atom is 0.257 e. The van der Waals surface area contributed by atoms with Gasteiger partial charge in [-0.3, -0.25) is 33.3 Å². The first kappa shape index (κ1) is 50.8. The normalized spacial score (nSPS) is 16.6. The molecule has 5 rings (SSSR count). The number of fused-ring (bicyclic) bond motifs is 5. The molecule has 2 aromatic carbocycles. The SMILES string of the molecule is Cc1nc(-n2ccc(C(C)(C)C)cc2=O)nc(C)c1C(=O)N[C@@H](CCN)C(=O)N(C)[C@@H]1C(=O)N[C@@H](C)C(=O)N[C@H](C(=O)NCC#N)Cc2ccc(OCCN)c(c2)-c2cc1ccc2OCCN. The average molecular weight is 921 g/mol. The van der Waals surface area contributed by atoms with Crippen molar-refractivity contribution in [3.63, 3.8) is 0 Å². The van der Waals surface area contributed by atoms with E-state index in [4.69, 9.17) is 31.9 Å². The van der Waals surface area contributed by atoms with E-state index in [9.17, 15) is 28.8 Å². The van der Waals surface area contributed by atoms with Crippen molar-refractivity contribution in [2.24, 2.45) is 17.2 Å². The van der Waals surface area contributed by atoms with Gasteiger partial charge in [0.2, 0.25) is 29.6 Å². The van der Waals surface area contributed by atoms with E-state index in [1.54, 1.807) is 56.4 Å². The molecule has 0 saturated carbocycles. The van der Waals surface area contributed by atoms with Gasteiger partial charge in [-0.2, -0.15) is 5.26 Å². The zero-order valence-electron chi connectivity index (χ0n) is 38.9. The van der Waals surface area contributed by atoms with Crippen LogP contribution in [-0.4, -0.2) is 114 Å². The Hall–Kier alpha value is -7.21. The van der Waals surface area contributed by atoms with E-state index in [0.29, 0.717) is 28.2 Å². The van der Waals surface area contributed by atoms with Crippen molar-refractivity contribution in [3.8, 4) is 34.6 Å². The first-order chi connectivity index (χ1) is 31.8. The summed E-state index contributed by atoms with van der Waals surface area (Å²) < 4.78 is 13.5. The van der Waals surface area contributed by atoms with Crippen molar-refractivity contribution < 1.29 is 33.4 Å². The zero-order valence-corrected chi connectivity index (χ0v) is 38.9. The molecule has 0 fully saturated rings. The molecule has 20 heteroatoms. The number of hydrogen-bond acceptors (Lipinski definition) is 14. The number of aryl methyl sites for hydroxylation is 2. The lowest BCUT2D eigenvalue weighted by Crippen LogP contribution is -2.56. The Kier molecular flexibility index (Phi) is 16.9. The number of amides is 5. The Morgan fingerprint density at radius 1 is 0.910 bits per heavy atom. The minimum absolute atomic E-state index is 0.0125. The number of nitrogens with zero attached hydrogens (tertiary/aromatic N) is 5. The number of ether oxygens (including phenoxy) is 2. The number of nitrogens with one attached hydrogen (secondary N) is 4. The van der Waals surface area contributed by atoms with Crippen LogP contribution in [0.2, 0.25) is 0 Å². The lowest BCUT2D eigenvalue weighted by atomic mass is 9.88. The fraction of sp³-hybridized carbons (Fsp3) is 0.426. The van der Waals surface area contributed by atoms with Crippen LogP contribution in [0.1, 0.15) is 78.6 Å².